The molecular formula is C17H19ClN4O10S. The van der Waals surface area contributed by atoms with Crippen molar-refractivity contribution in [2.45, 2.75) is 18.7 Å². The van der Waals surface area contributed by atoms with Gasteiger partial charge in [0.1, 0.15) is 31.9 Å². The third-order valence-electron chi connectivity index (χ3n) is 4.06. The van der Waals surface area contributed by atoms with Crippen LogP contribution < -0.4 is 15.4 Å². The van der Waals surface area contributed by atoms with Crippen molar-refractivity contribution in [1.29, 1.82) is 0 Å². The van der Waals surface area contributed by atoms with E-state index in [0.717, 1.165) is 0 Å². The Balaban J connectivity index is 1.97. The number of carbonyl (C=O) groups excluding carboxylic acids is 5. The Morgan fingerprint density at radius 2 is 1.82 bits per heavy atom. The van der Waals surface area contributed by atoms with Gasteiger partial charge in [0.25, 0.3) is 5.91 Å². The second-order valence-electron chi connectivity index (χ2n) is 6.29. The van der Waals surface area contributed by atoms with Crippen LogP contribution in [-0.4, -0.2) is 75.8 Å². The number of nitrogens with one attached hydrogen (secondary N) is 3. The number of likely N-dealkylation sites (tertiary alicyclic amines) is 1. The molecule has 33 heavy (non-hydrogen) atoms. The van der Waals surface area contributed by atoms with Crippen molar-refractivity contribution < 1.29 is 46.6 Å². The number of alkyl carbamates (subject to hydrolysis) is 1. The second kappa shape index (κ2) is 11.9. The first-order chi connectivity index (χ1) is 15.6. The van der Waals surface area contributed by atoms with Gasteiger partial charge in [-0.1, -0.05) is 30.3 Å². The van der Waals surface area contributed by atoms with Crippen LogP contribution in [0.5, 0.6) is 0 Å². The lowest BCUT2D eigenvalue weighted by Crippen LogP contribution is -2.74. The summed E-state index contributed by atoms with van der Waals surface area (Å²) >= 11 is 0. The summed E-state index contributed by atoms with van der Waals surface area (Å²) in [5.41, 5.74) is 0.674. The molecule has 1 aromatic carbocycles. The monoisotopic (exact) mass is 506 g/mol. The molecule has 3 N–H and O–H groups in total. The normalized spacial score (nSPS) is 17.2. The van der Waals surface area contributed by atoms with E-state index in [2.05, 4.69) is 15.4 Å². The van der Waals surface area contributed by atoms with Crippen LogP contribution in [-0.2, 0) is 39.6 Å². The molecule has 2 rings (SSSR count). The summed E-state index contributed by atoms with van der Waals surface area (Å²) in [6.45, 7) is -0.959. The Kier molecular flexibility index (Phi) is 9.23. The van der Waals surface area contributed by atoms with Crippen molar-refractivity contribution >= 4 is 50.5 Å². The van der Waals surface area contributed by atoms with Crippen molar-refractivity contribution in [3.63, 3.8) is 0 Å². The van der Waals surface area contributed by atoms with E-state index in [0.29, 0.717) is 16.9 Å². The van der Waals surface area contributed by atoms with Crippen molar-refractivity contribution in [3.05, 3.63) is 35.9 Å². The number of amides is 5. The first-order valence-electron chi connectivity index (χ1n) is 9.15. The summed E-state index contributed by atoms with van der Waals surface area (Å²) in [6.07, 6.45) is -1.81. The van der Waals surface area contributed by atoms with Gasteiger partial charge in [0, 0.05) is 10.7 Å². The number of hydrogen-bond acceptors (Lipinski definition) is 10. The molecule has 14 nitrogen and oxygen atoms in total. The summed E-state index contributed by atoms with van der Waals surface area (Å²) < 4.78 is 38.0. The molecule has 5 amide bonds. The maximum atomic E-state index is 12.3. The van der Waals surface area contributed by atoms with Crippen molar-refractivity contribution in [2.75, 3.05) is 19.8 Å². The molecule has 0 spiro atoms. The quantitative estimate of drug-likeness (QED) is 0.124. The predicted octanol–water partition coefficient (Wildman–Crippen LogP) is -0.415. The lowest BCUT2D eigenvalue weighted by molar-refractivity contribution is -0.147. The zero-order valence-electron chi connectivity index (χ0n) is 16.8. The molecule has 2 atom stereocenters. The number of rotatable bonds is 10. The average Bonchev–Trinajstić information content (AvgIpc) is 2.75. The predicted molar refractivity (Wildman–Crippen MR) is 109 cm³/mol. The highest BCUT2D eigenvalue weighted by Gasteiger charge is 2.53. The van der Waals surface area contributed by atoms with Gasteiger partial charge in [0.05, 0.1) is 6.54 Å². The van der Waals surface area contributed by atoms with Gasteiger partial charge in [-0.25, -0.2) is 19.1 Å². The Bertz CT molecular complexity index is 991. The maximum Gasteiger partial charge on any atom is 0.508 e. The maximum absolute atomic E-state index is 12.3. The molecule has 1 aliphatic heterocycles. The molecule has 1 aromatic rings. The van der Waals surface area contributed by atoms with Crippen LogP contribution in [0, 0.1) is 0 Å². The Morgan fingerprint density at radius 3 is 2.45 bits per heavy atom. The van der Waals surface area contributed by atoms with Crippen LogP contribution in [0.3, 0.4) is 0 Å². The standard InChI is InChI=1S/C17H19ClN4O10S/c18-33(28,29)21-15(25)22-12(9-32-17(27)30-7-6-19-10-23)13(14(22)24)20-16(26)31-8-11-4-2-1-3-5-11/h1-5,10,12-13H,6-9H2,(H,19,23)(H,20,26)(H,21,25)/t12-,13+/m1/s1. The summed E-state index contributed by atoms with van der Waals surface area (Å²) in [7, 11) is 0.435. The van der Waals surface area contributed by atoms with Crippen molar-refractivity contribution in [3.8, 4) is 0 Å². The van der Waals surface area contributed by atoms with Crippen LogP contribution in [0.2, 0.25) is 0 Å². The van der Waals surface area contributed by atoms with E-state index in [9.17, 15) is 32.4 Å². The minimum absolute atomic E-state index is 0.0140. The molecule has 180 valence electrons. The van der Waals surface area contributed by atoms with Gasteiger partial charge in [-0.15, -0.1) is 0 Å². The van der Waals surface area contributed by atoms with E-state index >= 15 is 0 Å². The van der Waals surface area contributed by atoms with E-state index in [1.807, 2.05) is 0 Å². The Labute approximate surface area is 192 Å². The lowest BCUT2D eigenvalue weighted by atomic mass is 9.96. The molecule has 0 bridgehead atoms. The van der Waals surface area contributed by atoms with E-state index in [1.165, 1.54) is 4.72 Å². The highest BCUT2D eigenvalue weighted by Crippen LogP contribution is 2.22. The van der Waals surface area contributed by atoms with Gasteiger partial charge in [0.2, 0.25) is 6.41 Å². The number of benzene rings is 1. The summed E-state index contributed by atoms with van der Waals surface area (Å²) in [5.74, 6) is -0.998. The fraction of sp³-hybridized carbons (Fsp3) is 0.353. The number of nitrogens with zero attached hydrogens (tertiary/aromatic N) is 1. The molecule has 1 heterocycles. The van der Waals surface area contributed by atoms with Crippen LogP contribution in [0.25, 0.3) is 0 Å². The average molecular weight is 507 g/mol. The van der Waals surface area contributed by atoms with Crippen LogP contribution >= 0.6 is 10.7 Å². The number of carbonyl (C=O) groups is 5. The minimum atomic E-state index is -4.52. The van der Waals surface area contributed by atoms with E-state index in [4.69, 9.17) is 20.2 Å². The molecule has 0 saturated carbocycles. The zero-order chi connectivity index (χ0) is 24.4. The number of halogens is 1. The summed E-state index contributed by atoms with van der Waals surface area (Å²) in [4.78, 5) is 58.7. The van der Waals surface area contributed by atoms with Crippen LogP contribution in [0.4, 0.5) is 14.4 Å². The largest absolute Gasteiger partial charge is 0.508 e. The smallest absolute Gasteiger partial charge is 0.445 e. The highest BCUT2D eigenvalue weighted by molar-refractivity contribution is 8.12. The van der Waals surface area contributed by atoms with Gasteiger partial charge in [-0.3, -0.25) is 14.5 Å². The SMILES string of the molecule is O=CNCCOC(=O)OC[C@@H]1[C@H](NC(=O)OCc2ccccc2)C(=O)N1C(=O)NS(=O)(=O)Cl. The first kappa shape index (κ1) is 25.7. The zero-order valence-corrected chi connectivity index (χ0v) is 18.3. The third kappa shape index (κ3) is 8.12. The van der Waals surface area contributed by atoms with Crippen molar-refractivity contribution in [1.82, 2.24) is 20.3 Å². The van der Waals surface area contributed by atoms with E-state index in [-0.39, 0.29) is 19.8 Å². The number of imide groups is 1. The molecule has 1 aliphatic rings. The van der Waals surface area contributed by atoms with Gasteiger partial charge in [-0.05, 0) is 5.56 Å². The molecule has 0 aliphatic carbocycles. The Hall–Kier alpha value is -3.59. The number of ether oxygens (including phenoxy) is 3. The van der Waals surface area contributed by atoms with Crippen LogP contribution in [0.15, 0.2) is 30.3 Å². The van der Waals surface area contributed by atoms with Gasteiger partial charge < -0.3 is 24.8 Å². The molecule has 0 unspecified atom stereocenters. The second-order valence-corrected chi connectivity index (χ2v) is 8.58. The molecule has 0 aromatic heterocycles. The molecule has 0 radical (unpaired) electrons. The topological polar surface area (TPSA) is 187 Å². The number of hydrogen-bond donors (Lipinski definition) is 3. The summed E-state index contributed by atoms with van der Waals surface area (Å²) in [6, 6.07) is 4.56. The van der Waals surface area contributed by atoms with E-state index < -0.39 is 52.1 Å². The fourth-order valence-corrected chi connectivity index (χ4v) is 3.12. The number of urea groups is 1. The van der Waals surface area contributed by atoms with Gasteiger partial charge in [0.15, 0.2) is 0 Å². The van der Waals surface area contributed by atoms with Crippen LogP contribution in [0.1, 0.15) is 5.56 Å². The molecule has 1 fully saturated rings. The molecule has 16 heteroatoms. The molecule has 1 saturated heterocycles. The number of β-lactam (4-membered cyclic amide) rings is 1. The summed E-state index contributed by atoms with van der Waals surface area (Å²) in [5, 5.41) is 4.46. The van der Waals surface area contributed by atoms with E-state index in [1.54, 1.807) is 30.3 Å². The Morgan fingerprint density at radius 1 is 1.12 bits per heavy atom. The minimum Gasteiger partial charge on any atom is -0.445 e. The fourth-order valence-electron chi connectivity index (χ4n) is 2.62. The van der Waals surface area contributed by atoms with Gasteiger partial charge >= 0.3 is 27.5 Å². The first-order valence-corrected chi connectivity index (χ1v) is 11.5. The molecular weight excluding hydrogens is 488 g/mol. The highest BCUT2D eigenvalue weighted by atomic mass is 35.7. The lowest BCUT2D eigenvalue weighted by Gasteiger charge is -2.44. The van der Waals surface area contributed by atoms with Crippen molar-refractivity contribution in [2.24, 2.45) is 0 Å². The van der Waals surface area contributed by atoms with Gasteiger partial charge in [-0.2, -0.15) is 8.42 Å². The third-order valence-corrected chi connectivity index (χ3v) is 4.71.